The number of fused-ring (bicyclic) bond motifs is 1. The number of nitrogens with zero attached hydrogens (tertiary/aromatic N) is 2. The standard InChI is InChI=1S/C24H29FN2O.ClH/c25-21-11-12-22-23(26-28-24(22)18-21)10-5-15-27-16-13-20(14-17-27)9-4-8-19-6-2-1-3-7-19;/h1-3,6-7,11-12,18,20H,4-5,8-10,13-17H2;1H. The van der Waals surface area contributed by atoms with Crippen molar-refractivity contribution >= 4 is 23.4 Å². The first-order valence-corrected chi connectivity index (χ1v) is 10.6. The van der Waals surface area contributed by atoms with Crippen LogP contribution in [0.4, 0.5) is 4.39 Å². The fourth-order valence-electron chi connectivity index (χ4n) is 4.35. The number of likely N-dealkylation sites (tertiary alicyclic amines) is 1. The molecule has 1 fully saturated rings. The van der Waals surface area contributed by atoms with Crippen LogP contribution in [0.3, 0.4) is 0 Å². The lowest BCUT2D eigenvalue weighted by molar-refractivity contribution is 0.176. The van der Waals surface area contributed by atoms with E-state index in [2.05, 4.69) is 40.4 Å². The summed E-state index contributed by atoms with van der Waals surface area (Å²) in [5, 5.41) is 5.07. The fourth-order valence-corrected chi connectivity index (χ4v) is 4.35. The summed E-state index contributed by atoms with van der Waals surface area (Å²) in [5.74, 6) is 0.608. The lowest BCUT2D eigenvalue weighted by atomic mass is 9.90. The Bertz CT molecular complexity index is 875. The van der Waals surface area contributed by atoms with E-state index in [9.17, 15) is 4.39 Å². The van der Waals surface area contributed by atoms with Crippen molar-refractivity contribution in [3.63, 3.8) is 0 Å². The van der Waals surface area contributed by atoms with E-state index in [4.69, 9.17) is 4.52 Å². The molecular weight excluding hydrogens is 387 g/mol. The minimum atomic E-state index is -0.276. The Morgan fingerprint density at radius 1 is 1.00 bits per heavy atom. The van der Waals surface area contributed by atoms with Gasteiger partial charge in [0.15, 0.2) is 5.58 Å². The number of aryl methyl sites for hydroxylation is 2. The molecule has 2 aromatic carbocycles. The van der Waals surface area contributed by atoms with E-state index in [0.717, 1.165) is 36.4 Å². The monoisotopic (exact) mass is 416 g/mol. The van der Waals surface area contributed by atoms with E-state index < -0.39 is 0 Å². The normalized spacial score (nSPS) is 15.5. The number of hydrogen-bond donors (Lipinski definition) is 0. The second-order valence-corrected chi connectivity index (χ2v) is 8.04. The van der Waals surface area contributed by atoms with E-state index in [-0.39, 0.29) is 18.2 Å². The minimum absolute atomic E-state index is 0. The highest BCUT2D eigenvalue weighted by atomic mass is 35.5. The highest BCUT2D eigenvalue weighted by Gasteiger charge is 2.19. The molecule has 1 saturated heterocycles. The Morgan fingerprint density at radius 2 is 1.79 bits per heavy atom. The molecule has 1 aromatic heterocycles. The van der Waals surface area contributed by atoms with Crippen LogP contribution in [0.15, 0.2) is 53.1 Å². The van der Waals surface area contributed by atoms with Crippen LogP contribution in [-0.2, 0) is 12.8 Å². The molecule has 3 aromatic rings. The lowest BCUT2D eigenvalue weighted by Gasteiger charge is -2.32. The Hall–Kier alpha value is -1.91. The van der Waals surface area contributed by atoms with Crippen LogP contribution < -0.4 is 0 Å². The first-order chi connectivity index (χ1) is 13.8. The van der Waals surface area contributed by atoms with Gasteiger partial charge < -0.3 is 9.42 Å². The molecule has 0 aliphatic carbocycles. The van der Waals surface area contributed by atoms with Gasteiger partial charge in [-0.3, -0.25) is 0 Å². The van der Waals surface area contributed by atoms with Crippen molar-refractivity contribution in [1.82, 2.24) is 10.1 Å². The second-order valence-electron chi connectivity index (χ2n) is 8.04. The Balaban J connectivity index is 0.00000240. The maximum atomic E-state index is 13.2. The van der Waals surface area contributed by atoms with Gasteiger partial charge in [-0.25, -0.2) is 4.39 Å². The molecule has 0 N–H and O–H groups in total. The number of halogens is 2. The van der Waals surface area contributed by atoms with Crippen LogP contribution in [0.1, 0.15) is 43.4 Å². The highest BCUT2D eigenvalue weighted by molar-refractivity contribution is 5.85. The summed E-state index contributed by atoms with van der Waals surface area (Å²) in [6, 6.07) is 15.5. The van der Waals surface area contributed by atoms with Gasteiger partial charge in [-0.2, -0.15) is 0 Å². The van der Waals surface area contributed by atoms with Gasteiger partial charge in [-0.1, -0.05) is 41.9 Å². The van der Waals surface area contributed by atoms with Crippen molar-refractivity contribution in [2.45, 2.75) is 44.9 Å². The molecule has 0 atom stereocenters. The predicted octanol–water partition coefficient (Wildman–Crippen LogP) is 6.06. The van der Waals surface area contributed by atoms with Crippen molar-refractivity contribution in [2.75, 3.05) is 19.6 Å². The second kappa shape index (κ2) is 10.7. The number of aromatic nitrogens is 1. The Kier molecular flexibility index (Phi) is 8.08. The van der Waals surface area contributed by atoms with Crippen LogP contribution in [0, 0.1) is 11.7 Å². The van der Waals surface area contributed by atoms with Crippen molar-refractivity contribution < 1.29 is 8.91 Å². The quantitative estimate of drug-likeness (QED) is 0.447. The molecule has 0 amide bonds. The molecule has 0 bridgehead atoms. The predicted molar refractivity (Wildman–Crippen MR) is 118 cm³/mol. The molecule has 2 heterocycles. The van der Waals surface area contributed by atoms with Crippen molar-refractivity contribution in [3.05, 3.63) is 65.6 Å². The van der Waals surface area contributed by atoms with Crippen LogP contribution in [-0.4, -0.2) is 29.7 Å². The molecule has 0 radical (unpaired) electrons. The molecule has 0 unspecified atom stereocenters. The molecule has 0 spiro atoms. The van der Waals surface area contributed by atoms with E-state index in [1.165, 1.54) is 62.9 Å². The SMILES string of the molecule is Cl.Fc1ccc2c(CCCN3CCC(CCCc4ccccc4)CC3)noc2c1. The average Bonchev–Trinajstić information content (AvgIpc) is 3.12. The van der Waals surface area contributed by atoms with Crippen LogP contribution in [0.25, 0.3) is 11.0 Å². The zero-order chi connectivity index (χ0) is 19.2. The van der Waals surface area contributed by atoms with Gasteiger partial charge in [0.2, 0.25) is 0 Å². The summed E-state index contributed by atoms with van der Waals surface area (Å²) in [6.45, 7) is 3.52. The first kappa shape index (κ1) is 21.8. The summed E-state index contributed by atoms with van der Waals surface area (Å²) in [5.41, 5.74) is 2.96. The van der Waals surface area contributed by atoms with Crippen LogP contribution in [0.2, 0.25) is 0 Å². The number of piperidine rings is 1. The zero-order valence-electron chi connectivity index (χ0n) is 16.9. The van der Waals surface area contributed by atoms with Crippen LogP contribution >= 0.6 is 12.4 Å². The van der Waals surface area contributed by atoms with Crippen molar-refractivity contribution in [1.29, 1.82) is 0 Å². The largest absolute Gasteiger partial charge is 0.356 e. The molecule has 0 saturated carbocycles. The maximum Gasteiger partial charge on any atom is 0.170 e. The van der Waals surface area contributed by atoms with E-state index >= 15 is 0 Å². The lowest BCUT2D eigenvalue weighted by Crippen LogP contribution is -2.34. The van der Waals surface area contributed by atoms with E-state index in [0.29, 0.717) is 5.58 Å². The summed E-state index contributed by atoms with van der Waals surface area (Å²) in [6.07, 6.45) is 8.45. The fraction of sp³-hybridized carbons (Fsp3) is 0.458. The van der Waals surface area contributed by atoms with Gasteiger partial charge >= 0.3 is 0 Å². The Morgan fingerprint density at radius 3 is 2.59 bits per heavy atom. The van der Waals surface area contributed by atoms with Gasteiger partial charge in [0.05, 0.1) is 5.69 Å². The molecule has 1 aliphatic rings. The smallest absolute Gasteiger partial charge is 0.170 e. The summed E-state index contributed by atoms with van der Waals surface area (Å²) < 4.78 is 18.5. The summed E-state index contributed by atoms with van der Waals surface area (Å²) >= 11 is 0. The van der Waals surface area contributed by atoms with Crippen molar-refractivity contribution in [3.8, 4) is 0 Å². The van der Waals surface area contributed by atoms with Gasteiger partial charge in [-0.05, 0) is 81.8 Å². The van der Waals surface area contributed by atoms with Gasteiger partial charge in [0.1, 0.15) is 5.82 Å². The van der Waals surface area contributed by atoms with Gasteiger partial charge in [0.25, 0.3) is 0 Å². The number of benzene rings is 2. The number of hydrogen-bond acceptors (Lipinski definition) is 3. The first-order valence-electron chi connectivity index (χ1n) is 10.6. The molecular formula is C24H30ClFN2O. The minimum Gasteiger partial charge on any atom is -0.356 e. The third-order valence-corrected chi connectivity index (χ3v) is 6.02. The van der Waals surface area contributed by atoms with E-state index in [1.807, 2.05) is 0 Å². The molecule has 3 nitrogen and oxygen atoms in total. The zero-order valence-corrected chi connectivity index (χ0v) is 17.7. The molecule has 156 valence electrons. The third kappa shape index (κ3) is 6.03. The topological polar surface area (TPSA) is 29.3 Å². The summed E-state index contributed by atoms with van der Waals surface area (Å²) in [7, 11) is 0. The van der Waals surface area contributed by atoms with Crippen LogP contribution in [0.5, 0.6) is 0 Å². The maximum absolute atomic E-state index is 13.2. The Labute approximate surface area is 178 Å². The third-order valence-electron chi connectivity index (χ3n) is 6.02. The highest BCUT2D eigenvalue weighted by Crippen LogP contribution is 2.24. The average molecular weight is 417 g/mol. The van der Waals surface area contributed by atoms with E-state index in [1.54, 1.807) is 6.07 Å². The molecule has 4 rings (SSSR count). The van der Waals surface area contributed by atoms with Crippen molar-refractivity contribution in [2.24, 2.45) is 5.92 Å². The number of rotatable bonds is 8. The van der Waals surface area contributed by atoms with Gasteiger partial charge in [0, 0.05) is 11.5 Å². The molecule has 29 heavy (non-hydrogen) atoms. The molecule has 5 heteroatoms. The molecule has 1 aliphatic heterocycles. The summed E-state index contributed by atoms with van der Waals surface area (Å²) in [4.78, 5) is 2.58. The van der Waals surface area contributed by atoms with Gasteiger partial charge in [-0.15, -0.1) is 12.4 Å².